The molecule has 0 spiro atoms. The lowest BCUT2D eigenvalue weighted by atomic mass is 9.93. The Balaban J connectivity index is 1.73. The molecule has 0 amide bonds. The molecular weight excluding hydrogens is 384 g/mol. The van der Waals surface area contributed by atoms with Crippen LogP contribution in [0.25, 0.3) is 11.0 Å². The lowest BCUT2D eigenvalue weighted by molar-refractivity contribution is 0.353. The Morgan fingerprint density at radius 1 is 1.39 bits per heavy atom. The Kier molecular flexibility index (Phi) is 4.97. The Hall–Kier alpha value is -2.61. The standard InChI is InChI=1S/C20H19F2N3O2S/c1-3-7-27-19-11(2)10-23-18-12(19)5-4-6-17(18)28(26)20-24-15-8-13(21)14(22)9-16(15)25-20/h3,8-10,17H,1,4-7H2,2H3,(H,24,25). The highest BCUT2D eigenvalue weighted by Gasteiger charge is 2.32. The summed E-state index contributed by atoms with van der Waals surface area (Å²) in [4.78, 5) is 11.6. The summed E-state index contributed by atoms with van der Waals surface area (Å²) in [5.74, 6) is -1.20. The molecule has 2 heterocycles. The first-order valence-corrected chi connectivity index (χ1v) is 10.2. The van der Waals surface area contributed by atoms with Crippen molar-refractivity contribution in [1.82, 2.24) is 15.0 Å². The fraction of sp³-hybridized carbons (Fsp3) is 0.300. The molecule has 5 nitrogen and oxygen atoms in total. The lowest BCUT2D eigenvalue weighted by Gasteiger charge is -2.25. The van der Waals surface area contributed by atoms with E-state index in [0.717, 1.165) is 47.5 Å². The normalized spacial score (nSPS) is 17.3. The van der Waals surface area contributed by atoms with Gasteiger partial charge in [0.05, 0.1) is 32.8 Å². The second kappa shape index (κ2) is 7.43. The minimum Gasteiger partial charge on any atom is -0.489 e. The third-order valence-corrected chi connectivity index (χ3v) is 6.38. The van der Waals surface area contributed by atoms with Gasteiger partial charge in [-0.05, 0) is 26.2 Å². The Morgan fingerprint density at radius 2 is 2.18 bits per heavy atom. The van der Waals surface area contributed by atoms with E-state index in [1.807, 2.05) is 6.92 Å². The fourth-order valence-electron chi connectivity index (χ4n) is 3.54. The van der Waals surface area contributed by atoms with Gasteiger partial charge in [-0.25, -0.2) is 13.8 Å². The summed E-state index contributed by atoms with van der Waals surface area (Å²) in [7, 11) is -1.55. The molecule has 4 rings (SSSR count). The first-order chi connectivity index (χ1) is 13.5. The van der Waals surface area contributed by atoms with Crippen LogP contribution in [0.1, 0.15) is 34.9 Å². The summed E-state index contributed by atoms with van der Waals surface area (Å²) in [6.45, 7) is 5.98. The van der Waals surface area contributed by atoms with E-state index in [-0.39, 0.29) is 15.9 Å². The van der Waals surface area contributed by atoms with Crippen molar-refractivity contribution in [3.8, 4) is 5.75 Å². The maximum Gasteiger partial charge on any atom is 0.198 e. The van der Waals surface area contributed by atoms with Crippen molar-refractivity contribution < 1.29 is 17.7 Å². The molecule has 0 radical (unpaired) electrons. The summed E-state index contributed by atoms with van der Waals surface area (Å²) < 4.78 is 46.0. The number of H-pyrrole nitrogens is 1. The molecule has 1 N–H and O–H groups in total. The zero-order valence-corrected chi connectivity index (χ0v) is 16.1. The molecule has 3 aromatic rings. The average Bonchev–Trinajstić information content (AvgIpc) is 3.09. The number of hydrogen-bond donors (Lipinski definition) is 1. The number of fused-ring (bicyclic) bond motifs is 2. The third kappa shape index (κ3) is 3.22. The average molecular weight is 403 g/mol. The number of ether oxygens (including phenoxy) is 1. The van der Waals surface area contributed by atoms with Crippen LogP contribution in [-0.2, 0) is 17.2 Å². The number of aryl methyl sites for hydroxylation is 1. The van der Waals surface area contributed by atoms with E-state index in [2.05, 4.69) is 21.5 Å². The van der Waals surface area contributed by atoms with Gasteiger partial charge in [0.1, 0.15) is 12.4 Å². The second-order valence-corrected chi connectivity index (χ2v) is 8.29. The van der Waals surface area contributed by atoms with Crippen LogP contribution in [0.5, 0.6) is 5.75 Å². The summed E-state index contributed by atoms with van der Waals surface area (Å²) in [6, 6.07) is 2.02. The molecule has 0 saturated carbocycles. The first-order valence-electron chi connectivity index (χ1n) is 8.97. The topological polar surface area (TPSA) is 67.9 Å². The van der Waals surface area contributed by atoms with Gasteiger partial charge >= 0.3 is 0 Å². The van der Waals surface area contributed by atoms with Gasteiger partial charge < -0.3 is 9.72 Å². The zero-order valence-electron chi connectivity index (χ0n) is 15.3. The summed E-state index contributed by atoms with van der Waals surface area (Å²) in [5.41, 5.74) is 3.16. The van der Waals surface area contributed by atoms with Crippen LogP contribution in [0.15, 0.2) is 36.1 Å². The number of pyridine rings is 1. The Bertz CT molecular complexity index is 1060. The van der Waals surface area contributed by atoms with Gasteiger partial charge in [-0.2, -0.15) is 0 Å². The van der Waals surface area contributed by atoms with E-state index in [0.29, 0.717) is 18.5 Å². The van der Waals surface area contributed by atoms with Gasteiger partial charge in [0.2, 0.25) is 0 Å². The number of aromatic amines is 1. The molecule has 0 saturated heterocycles. The summed E-state index contributed by atoms with van der Waals surface area (Å²) in [5, 5.41) is -0.181. The number of imidazole rings is 1. The minimum absolute atomic E-state index is 0.189. The number of benzene rings is 1. The van der Waals surface area contributed by atoms with Crippen molar-refractivity contribution >= 4 is 21.8 Å². The van der Waals surface area contributed by atoms with Crippen molar-refractivity contribution in [3.05, 3.63) is 59.4 Å². The van der Waals surface area contributed by atoms with Crippen LogP contribution >= 0.6 is 0 Å². The molecular formula is C20H19F2N3O2S. The molecule has 1 aliphatic carbocycles. The van der Waals surface area contributed by atoms with Crippen LogP contribution < -0.4 is 4.74 Å². The maximum atomic E-state index is 13.5. The molecule has 2 atom stereocenters. The maximum absolute atomic E-state index is 13.5. The van der Waals surface area contributed by atoms with Crippen LogP contribution in [0.2, 0.25) is 0 Å². The number of aromatic nitrogens is 3. The Labute approximate surface area is 163 Å². The highest BCUT2D eigenvalue weighted by atomic mass is 32.2. The number of nitrogens with zero attached hydrogens (tertiary/aromatic N) is 2. The molecule has 28 heavy (non-hydrogen) atoms. The van der Waals surface area contributed by atoms with Crippen molar-refractivity contribution in [2.24, 2.45) is 0 Å². The highest BCUT2D eigenvalue weighted by molar-refractivity contribution is 7.85. The van der Waals surface area contributed by atoms with Crippen molar-refractivity contribution in [2.45, 2.75) is 36.6 Å². The predicted octanol–water partition coefficient (Wildman–Crippen LogP) is 4.29. The van der Waals surface area contributed by atoms with Gasteiger partial charge in [0, 0.05) is 29.5 Å². The smallest absolute Gasteiger partial charge is 0.198 e. The molecule has 1 aromatic carbocycles. The minimum atomic E-state index is -1.55. The van der Waals surface area contributed by atoms with Crippen LogP contribution in [-0.4, -0.2) is 25.8 Å². The monoisotopic (exact) mass is 403 g/mol. The zero-order chi connectivity index (χ0) is 19.8. The number of hydrogen-bond acceptors (Lipinski definition) is 4. The van der Waals surface area contributed by atoms with Gasteiger partial charge in [0.15, 0.2) is 16.8 Å². The SMILES string of the molecule is C=CCOc1c(C)cnc2c1CCCC2S(=O)c1nc2cc(F)c(F)cc2[nH]1. The highest BCUT2D eigenvalue weighted by Crippen LogP contribution is 2.40. The van der Waals surface area contributed by atoms with Crippen molar-refractivity contribution in [3.63, 3.8) is 0 Å². The van der Waals surface area contributed by atoms with E-state index in [1.54, 1.807) is 12.3 Å². The molecule has 1 aliphatic rings. The number of halogens is 2. The molecule has 2 aromatic heterocycles. The molecule has 0 aliphatic heterocycles. The summed E-state index contributed by atoms with van der Waals surface area (Å²) >= 11 is 0. The Morgan fingerprint density at radius 3 is 2.96 bits per heavy atom. The molecule has 2 unspecified atom stereocenters. The van der Waals surface area contributed by atoms with Gasteiger partial charge in [-0.1, -0.05) is 12.7 Å². The first kappa shape index (κ1) is 18.7. The molecule has 0 fully saturated rings. The van der Waals surface area contributed by atoms with E-state index < -0.39 is 22.4 Å². The fourth-order valence-corrected chi connectivity index (χ4v) is 5.00. The van der Waals surface area contributed by atoms with Gasteiger partial charge in [-0.3, -0.25) is 9.19 Å². The molecule has 8 heteroatoms. The van der Waals surface area contributed by atoms with E-state index in [9.17, 15) is 13.0 Å². The van der Waals surface area contributed by atoms with Crippen LogP contribution in [0.4, 0.5) is 8.78 Å². The van der Waals surface area contributed by atoms with Crippen molar-refractivity contribution in [1.29, 1.82) is 0 Å². The number of nitrogens with one attached hydrogen (secondary N) is 1. The predicted molar refractivity (Wildman–Crippen MR) is 103 cm³/mol. The largest absolute Gasteiger partial charge is 0.489 e. The molecule has 0 bridgehead atoms. The van der Waals surface area contributed by atoms with Crippen LogP contribution in [0.3, 0.4) is 0 Å². The lowest BCUT2D eigenvalue weighted by Crippen LogP contribution is -2.19. The third-order valence-electron chi connectivity index (χ3n) is 4.83. The van der Waals surface area contributed by atoms with E-state index >= 15 is 0 Å². The van der Waals surface area contributed by atoms with Crippen LogP contribution in [0, 0.1) is 18.6 Å². The van der Waals surface area contributed by atoms with Crippen molar-refractivity contribution in [2.75, 3.05) is 6.61 Å². The van der Waals surface area contributed by atoms with Gasteiger partial charge in [0.25, 0.3) is 0 Å². The number of rotatable bonds is 5. The summed E-state index contributed by atoms with van der Waals surface area (Å²) in [6.07, 6.45) is 5.70. The van der Waals surface area contributed by atoms with E-state index in [4.69, 9.17) is 4.74 Å². The molecule has 146 valence electrons. The quantitative estimate of drug-likeness (QED) is 0.645. The van der Waals surface area contributed by atoms with E-state index in [1.165, 1.54) is 0 Å². The van der Waals surface area contributed by atoms with Gasteiger partial charge in [-0.15, -0.1) is 0 Å². The second-order valence-electron chi connectivity index (χ2n) is 6.74.